The van der Waals surface area contributed by atoms with Crippen molar-refractivity contribution in [2.45, 2.75) is 27.4 Å². The van der Waals surface area contributed by atoms with Crippen molar-refractivity contribution in [3.63, 3.8) is 0 Å². The third-order valence-corrected chi connectivity index (χ3v) is 4.69. The summed E-state index contributed by atoms with van der Waals surface area (Å²) in [6.07, 6.45) is 1.70. The van der Waals surface area contributed by atoms with Gasteiger partial charge in [0, 0.05) is 12.6 Å². The van der Waals surface area contributed by atoms with Crippen LogP contribution < -0.4 is 9.64 Å². The molecule has 0 aliphatic heterocycles. The minimum atomic E-state index is -0.380. The van der Waals surface area contributed by atoms with E-state index in [1.54, 1.807) is 25.4 Å². The second-order valence-electron chi connectivity index (χ2n) is 5.76. The number of aryl methyl sites for hydroxylation is 3. The van der Waals surface area contributed by atoms with E-state index in [4.69, 9.17) is 4.74 Å². The molecule has 0 heterocycles. The van der Waals surface area contributed by atoms with Crippen LogP contribution in [0.2, 0.25) is 0 Å². The Hall–Kier alpha value is -2.01. The Morgan fingerprint density at radius 3 is 2.50 bits per heavy atom. The molecule has 0 unspecified atom stereocenters. The summed E-state index contributed by atoms with van der Waals surface area (Å²) in [4.78, 5) is 13.4. The molecule has 0 aliphatic carbocycles. The molecule has 0 radical (unpaired) electrons. The Labute approximate surface area is 146 Å². The molecule has 0 aromatic heterocycles. The first-order valence-corrected chi connectivity index (χ1v) is 8.87. The van der Waals surface area contributed by atoms with Gasteiger partial charge in [0.25, 0.3) is 5.24 Å². The van der Waals surface area contributed by atoms with E-state index >= 15 is 0 Å². The van der Waals surface area contributed by atoms with Crippen molar-refractivity contribution >= 4 is 22.7 Å². The third-order valence-electron chi connectivity index (χ3n) is 4.07. The summed E-state index contributed by atoms with van der Waals surface area (Å²) < 4.78 is 20.2. The van der Waals surface area contributed by atoms with E-state index in [1.807, 2.05) is 26.8 Å². The molecular weight excluding hydrogens is 325 g/mol. The minimum absolute atomic E-state index is 0.0668. The Balaban J connectivity index is 2.30. The van der Waals surface area contributed by atoms with Crippen LogP contribution in [0.5, 0.6) is 5.75 Å². The van der Waals surface area contributed by atoms with Crippen molar-refractivity contribution in [1.82, 2.24) is 0 Å². The fraction of sp³-hybridized carbons (Fsp3) is 0.316. The number of benzene rings is 2. The van der Waals surface area contributed by atoms with Crippen LogP contribution in [0.3, 0.4) is 0 Å². The van der Waals surface area contributed by atoms with Crippen molar-refractivity contribution in [2.75, 3.05) is 18.2 Å². The zero-order valence-corrected chi connectivity index (χ0v) is 15.5. The summed E-state index contributed by atoms with van der Waals surface area (Å²) in [5.41, 5.74) is 4.22. The van der Waals surface area contributed by atoms with Crippen LogP contribution in [-0.2, 0) is 6.61 Å². The lowest BCUT2D eigenvalue weighted by Crippen LogP contribution is -2.23. The van der Waals surface area contributed by atoms with Crippen molar-refractivity contribution in [1.29, 1.82) is 0 Å². The van der Waals surface area contributed by atoms with E-state index < -0.39 is 0 Å². The number of nitrogens with zero attached hydrogens (tertiary/aromatic N) is 1. The molecule has 1 amide bonds. The first-order chi connectivity index (χ1) is 11.3. The number of ether oxygens (including phenoxy) is 1. The molecule has 0 spiro atoms. The molecule has 3 nitrogen and oxygen atoms in total. The van der Waals surface area contributed by atoms with Gasteiger partial charge >= 0.3 is 0 Å². The molecule has 2 aromatic rings. The second-order valence-corrected chi connectivity index (χ2v) is 6.51. The van der Waals surface area contributed by atoms with Crippen LogP contribution in [0.4, 0.5) is 14.9 Å². The lowest BCUT2D eigenvalue weighted by Gasteiger charge is -2.21. The zero-order valence-electron chi connectivity index (χ0n) is 14.6. The van der Waals surface area contributed by atoms with Gasteiger partial charge in [0.15, 0.2) is 0 Å². The molecule has 0 saturated heterocycles. The fourth-order valence-electron chi connectivity index (χ4n) is 2.48. The van der Waals surface area contributed by atoms with Gasteiger partial charge in [0.05, 0.1) is 5.69 Å². The standard InChI is InChI=1S/C19H22FNO2S/c1-12-9-14(3)18(10-13(12)2)23-11-15-16(20)7-6-8-17(15)21(4)19(22)24-5/h6-10H,11H2,1-5H3. The fourth-order valence-corrected chi connectivity index (χ4v) is 2.85. The number of carbonyl (C=O) groups is 1. The number of hydrogen-bond donors (Lipinski definition) is 0. The van der Waals surface area contributed by atoms with Crippen LogP contribution in [0.15, 0.2) is 30.3 Å². The summed E-state index contributed by atoms with van der Waals surface area (Å²) in [5, 5.41) is -0.149. The van der Waals surface area contributed by atoms with Gasteiger partial charge in [0.1, 0.15) is 18.2 Å². The zero-order chi connectivity index (χ0) is 17.9. The molecule has 128 valence electrons. The monoisotopic (exact) mass is 347 g/mol. The second kappa shape index (κ2) is 7.71. The highest BCUT2D eigenvalue weighted by molar-refractivity contribution is 8.13. The average molecular weight is 347 g/mol. The van der Waals surface area contributed by atoms with Crippen LogP contribution in [0, 0.1) is 26.6 Å². The number of rotatable bonds is 4. The number of thioether (sulfide) groups is 1. The number of anilines is 1. The van der Waals surface area contributed by atoms with Gasteiger partial charge in [-0.1, -0.05) is 23.9 Å². The first kappa shape index (κ1) is 18.3. The molecule has 0 saturated carbocycles. The van der Waals surface area contributed by atoms with Crippen molar-refractivity contribution < 1.29 is 13.9 Å². The SMILES string of the molecule is CSC(=O)N(C)c1cccc(F)c1COc1cc(C)c(C)cc1C. The van der Waals surface area contributed by atoms with Crippen molar-refractivity contribution in [3.05, 3.63) is 58.4 Å². The van der Waals surface area contributed by atoms with Crippen LogP contribution in [0.25, 0.3) is 0 Å². The normalized spacial score (nSPS) is 10.6. The van der Waals surface area contributed by atoms with E-state index in [0.29, 0.717) is 11.3 Å². The summed E-state index contributed by atoms with van der Waals surface area (Å²) in [6.45, 7) is 6.09. The van der Waals surface area contributed by atoms with Gasteiger partial charge in [-0.05, 0) is 61.9 Å². The summed E-state index contributed by atoms with van der Waals surface area (Å²) in [5.74, 6) is 0.348. The maximum atomic E-state index is 14.3. The minimum Gasteiger partial charge on any atom is -0.488 e. The molecule has 0 N–H and O–H groups in total. The largest absolute Gasteiger partial charge is 0.488 e. The smallest absolute Gasteiger partial charge is 0.285 e. The number of halogens is 1. The number of amides is 1. The summed E-state index contributed by atoms with van der Waals surface area (Å²) in [6, 6.07) is 8.72. The maximum absolute atomic E-state index is 14.3. The highest BCUT2D eigenvalue weighted by Gasteiger charge is 2.17. The van der Waals surface area contributed by atoms with Gasteiger partial charge in [-0.25, -0.2) is 4.39 Å². The Bertz CT molecular complexity index is 761. The highest BCUT2D eigenvalue weighted by atomic mass is 32.2. The number of hydrogen-bond acceptors (Lipinski definition) is 3. The highest BCUT2D eigenvalue weighted by Crippen LogP contribution is 2.28. The van der Waals surface area contributed by atoms with Gasteiger partial charge < -0.3 is 9.64 Å². The van der Waals surface area contributed by atoms with E-state index in [1.165, 1.54) is 16.5 Å². The predicted octanol–water partition coefficient (Wildman–Crippen LogP) is 5.25. The lowest BCUT2D eigenvalue weighted by atomic mass is 10.1. The van der Waals surface area contributed by atoms with Crippen LogP contribution in [-0.4, -0.2) is 18.5 Å². The van der Waals surface area contributed by atoms with E-state index in [2.05, 4.69) is 6.07 Å². The molecule has 2 rings (SSSR count). The molecule has 5 heteroatoms. The molecule has 0 fully saturated rings. The molecule has 0 bridgehead atoms. The summed E-state index contributed by atoms with van der Waals surface area (Å²) >= 11 is 1.09. The topological polar surface area (TPSA) is 29.5 Å². The third kappa shape index (κ3) is 3.90. The van der Waals surface area contributed by atoms with E-state index in [9.17, 15) is 9.18 Å². The lowest BCUT2D eigenvalue weighted by molar-refractivity contribution is 0.266. The van der Waals surface area contributed by atoms with E-state index in [0.717, 1.165) is 28.6 Å². The number of carbonyl (C=O) groups excluding carboxylic acids is 1. The summed E-state index contributed by atoms with van der Waals surface area (Å²) in [7, 11) is 1.64. The van der Waals surface area contributed by atoms with Gasteiger partial charge in [-0.3, -0.25) is 4.79 Å². The molecule has 24 heavy (non-hydrogen) atoms. The first-order valence-electron chi connectivity index (χ1n) is 7.64. The predicted molar refractivity (Wildman–Crippen MR) is 98.7 cm³/mol. The molecular formula is C19H22FNO2S. The van der Waals surface area contributed by atoms with Gasteiger partial charge in [-0.15, -0.1) is 0 Å². The van der Waals surface area contributed by atoms with Crippen molar-refractivity contribution in [3.8, 4) is 5.75 Å². The Kier molecular flexibility index (Phi) is 5.89. The van der Waals surface area contributed by atoms with Gasteiger partial charge in [-0.2, -0.15) is 0 Å². The molecule has 0 aliphatic rings. The van der Waals surface area contributed by atoms with E-state index in [-0.39, 0.29) is 17.7 Å². The average Bonchev–Trinajstić information content (AvgIpc) is 2.56. The van der Waals surface area contributed by atoms with Crippen LogP contribution in [0.1, 0.15) is 22.3 Å². The molecule has 2 aromatic carbocycles. The van der Waals surface area contributed by atoms with Crippen LogP contribution >= 0.6 is 11.8 Å². The molecule has 0 atom stereocenters. The van der Waals surface area contributed by atoms with Gasteiger partial charge in [0.2, 0.25) is 0 Å². The maximum Gasteiger partial charge on any atom is 0.285 e. The quantitative estimate of drug-likeness (QED) is 0.756. The Morgan fingerprint density at radius 1 is 1.17 bits per heavy atom. The Morgan fingerprint density at radius 2 is 1.83 bits per heavy atom. The van der Waals surface area contributed by atoms with Crippen molar-refractivity contribution in [2.24, 2.45) is 0 Å².